The topological polar surface area (TPSA) is 69.1 Å². The van der Waals surface area contributed by atoms with Gasteiger partial charge in [-0.25, -0.2) is 4.98 Å². The zero-order valence-corrected chi connectivity index (χ0v) is 9.46. The number of oxazole rings is 1. The number of hydrogen-bond acceptors (Lipinski definition) is 3. The van der Waals surface area contributed by atoms with Gasteiger partial charge in [0.1, 0.15) is 5.52 Å². The van der Waals surface area contributed by atoms with Crippen molar-refractivity contribution >= 4 is 17.0 Å². The van der Waals surface area contributed by atoms with Crippen LogP contribution in [0.2, 0.25) is 0 Å². The predicted octanol–water partition coefficient (Wildman–Crippen LogP) is 2.59. The molecule has 4 heteroatoms. The van der Waals surface area contributed by atoms with Crippen LogP contribution in [-0.2, 0) is 0 Å². The maximum Gasteiger partial charge on any atom is 0.248 e. The summed E-state index contributed by atoms with van der Waals surface area (Å²) in [7, 11) is 0. The van der Waals surface area contributed by atoms with E-state index in [1.807, 2.05) is 24.3 Å². The van der Waals surface area contributed by atoms with Crippen molar-refractivity contribution in [2.45, 2.75) is 0 Å². The van der Waals surface area contributed by atoms with Crippen LogP contribution >= 0.6 is 0 Å². The predicted molar refractivity (Wildman–Crippen MR) is 68.0 cm³/mol. The van der Waals surface area contributed by atoms with Gasteiger partial charge in [-0.05, 0) is 36.4 Å². The second-order valence-corrected chi connectivity index (χ2v) is 3.93. The van der Waals surface area contributed by atoms with Crippen molar-refractivity contribution in [3.63, 3.8) is 0 Å². The highest BCUT2D eigenvalue weighted by Crippen LogP contribution is 2.24. The molecule has 0 radical (unpaired) electrons. The van der Waals surface area contributed by atoms with E-state index in [4.69, 9.17) is 10.2 Å². The van der Waals surface area contributed by atoms with Crippen molar-refractivity contribution < 1.29 is 9.21 Å². The molecule has 0 fully saturated rings. The van der Waals surface area contributed by atoms with Gasteiger partial charge in [0.25, 0.3) is 0 Å². The second kappa shape index (κ2) is 4.00. The van der Waals surface area contributed by atoms with Crippen molar-refractivity contribution in [1.82, 2.24) is 4.98 Å². The first-order valence-electron chi connectivity index (χ1n) is 5.50. The summed E-state index contributed by atoms with van der Waals surface area (Å²) in [4.78, 5) is 15.3. The lowest BCUT2D eigenvalue weighted by atomic mass is 10.1. The van der Waals surface area contributed by atoms with Gasteiger partial charge in [0.15, 0.2) is 5.58 Å². The van der Waals surface area contributed by atoms with Gasteiger partial charge in [-0.3, -0.25) is 4.79 Å². The molecule has 0 spiro atoms. The molecule has 0 saturated heterocycles. The number of rotatable bonds is 2. The summed E-state index contributed by atoms with van der Waals surface area (Å²) in [6, 6.07) is 14.4. The molecule has 0 unspecified atom stereocenters. The first kappa shape index (κ1) is 10.5. The van der Waals surface area contributed by atoms with Crippen LogP contribution < -0.4 is 5.73 Å². The van der Waals surface area contributed by atoms with E-state index in [1.165, 1.54) is 0 Å². The molecular formula is C14H10N2O2. The lowest BCUT2D eigenvalue weighted by Gasteiger charge is -1.97. The number of fused-ring (bicyclic) bond motifs is 1. The van der Waals surface area contributed by atoms with Gasteiger partial charge in [0.2, 0.25) is 11.8 Å². The van der Waals surface area contributed by atoms with E-state index in [0.29, 0.717) is 11.5 Å². The molecule has 0 aliphatic heterocycles. The minimum Gasteiger partial charge on any atom is -0.436 e. The Kier molecular flexibility index (Phi) is 2.34. The number of primary amides is 1. The van der Waals surface area contributed by atoms with E-state index in [2.05, 4.69) is 4.98 Å². The number of aromatic nitrogens is 1. The third-order valence-electron chi connectivity index (χ3n) is 2.71. The average Bonchev–Trinajstić information content (AvgIpc) is 2.82. The smallest absolute Gasteiger partial charge is 0.248 e. The van der Waals surface area contributed by atoms with Crippen LogP contribution in [0.3, 0.4) is 0 Å². The second-order valence-electron chi connectivity index (χ2n) is 3.93. The van der Waals surface area contributed by atoms with Crippen LogP contribution in [0.15, 0.2) is 52.9 Å². The van der Waals surface area contributed by atoms with Crippen molar-refractivity contribution in [1.29, 1.82) is 0 Å². The van der Waals surface area contributed by atoms with Crippen molar-refractivity contribution in [3.05, 3.63) is 54.1 Å². The largest absolute Gasteiger partial charge is 0.436 e. The van der Waals surface area contributed by atoms with Crippen molar-refractivity contribution in [2.24, 2.45) is 5.73 Å². The highest BCUT2D eigenvalue weighted by Gasteiger charge is 2.08. The minimum absolute atomic E-state index is 0.445. The molecule has 1 heterocycles. The number of nitrogens with two attached hydrogens (primary N) is 1. The lowest BCUT2D eigenvalue weighted by molar-refractivity contribution is 0.100. The zero-order chi connectivity index (χ0) is 12.5. The van der Waals surface area contributed by atoms with Crippen LogP contribution in [-0.4, -0.2) is 10.9 Å². The molecule has 0 aliphatic carbocycles. The van der Waals surface area contributed by atoms with Gasteiger partial charge in [-0.1, -0.05) is 12.1 Å². The fourth-order valence-corrected chi connectivity index (χ4v) is 1.77. The van der Waals surface area contributed by atoms with Gasteiger partial charge in [0.05, 0.1) is 0 Å². The number of benzene rings is 2. The molecule has 0 bridgehead atoms. The van der Waals surface area contributed by atoms with E-state index in [0.717, 1.165) is 16.7 Å². The Bertz CT molecular complexity index is 681. The Morgan fingerprint density at radius 3 is 2.44 bits per heavy atom. The molecule has 18 heavy (non-hydrogen) atoms. The minimum atomic E-state index is -0.445. The first-order chi connectivity index (χ1) is 8.74. The molecular weight excluding hydrogens is 228 g/mol. The van der Waals surface area contributed by atoms with E-state index in [1.54, 1.807) is 24.3 Å². The molecule has 4 nitrogen and oxygen atoms in total. The van der Waals surface area contributed by atoms with Gasteiger partial charge in [-0.15, -0.1) is 0 Å². The Balaban J connectivity index is 2.06. The molecule has 1 aromatic heterocycles. The van der Waals surface area contributed by atoms with Crippen LogP contribution in [0.1, 0.15) is 10.4 Å². The standard InChI is InChI=1S/C14H10N2O2/c15-13(17)9-5-7-10(8-6-9)14-16-11-3-1-2-4-12(11)18-14/h1-8H,(H2,15,17). The highest BCUT2D eigenvalue weighted by molar-refractivity contribution is 5.93. The third-order valence-corrected chi connectivity index (χ3v) is 2.71. The van der Waals surface area contributed by atoms with Crippen molar-refractivity contribution in [3.8, 4) is 11.5 Å². The highest BCUT2D eigenvalue weighted by atomic mass is 16.3. The molecule has 2 N–H and O–H groups in total. The van der Waals surface area contributed by atoms with E-state index < -0.39 is 5.91 Å². The number of amides is 1. The zero-order valence-electron chi connectivity index (χ0n) is 9.46. The monoisotopic (exact) mass is 238 g/mol. The van der Waals surface area contributed by atoms with Crippen LogP contribution in [0.5, 0.6) is 0 Å². The fourth-order valence-electron chi connectivity index (χ4n) is 1.77. The summed E-state index contributed by atoms with van der Waals surface area (Å²) in [5, 5.41) is 0. The Morgan fingerprint density at radius 1 is 1.06 bits per heavy atom. The molecule has 0 saturated carbocycles. The molecule has 88 valence electrons. The van der Waals surface area contributed by atoms with E-state index in [9.17, 15) is 4.79 Å². The van der Waals surface area contributed by atoms with E-state index >= 15 is 0 Å². The van der Waals surface area contributed by atoms with Crippen LogP contribution in [0.4, 0.5) is 0 Å². The van der Waals surface area contributed by atoms with Crippen molar-refractivity contribution in [2.75, 3.05) is 0 Å². The molecule has 0 atom stereocenters. The number of nitrogens with zero attached hydrogens (tertiary/aromatic N) is 1. The lowest BCUT2D eigenvalue weighted by Crippen LogP contribution is -2.10. The van der Waals surface area contributed by atoms with Gasteiger partial charge in [-0.2, -0.15) is 0 Å². The number of carbonyl (C=O) groups excluding carboxylic acids is 1. The summed E-state index contributed by atoms with van der Waals surface area (Å²) < 4.78 is 5.63. The summed E-state index contributed by atoms with van der Waals surface area (Å²) in [6.45, 7) is 0. The maximum absolute atomic E-state index is 11.0. The molecule has 3 rings (SSSR count). The maximum atomic E-state index is 11.0. The van der Waals surface area contributed by atoms with Crippen LogP contribution in [0, 0.1) is 0 Å². The average molecular weight is 238 g/mol. The fraction of sp³-hybridized carbons (Fsp3) is 0. The summed E-state index contributed by atoms with van der Waals surface area (Å²) in [6.07, 6.45) is 0. The molecule has 1 amide bonds. The number of para-hydroxylation sites is 2. The summed E-state index contributed by atoms with van der Waals surface area (Å²) in [5.41, 5.74) is 8.02. The normalized spacial score (nSPS) is 10.7. The SMILES string of the molecule is NC(=O)c1ccc(-c2nc3ccccc3o2)cc1. The number of hydrogen-bond donors (Lipinski definition) is 1. The van der Waals surface area contributed by atoms with E-state index in [-0.39, 0.29) is 0 Å². The molecule has 3 aromatic rings. The van der Waals surface area contributed by atoms with Gasteiger partial charge < -0.3 is 10.2 Å². The quantitative estimate of drug-likeness (QED) is 0.746. The molecule has 2 aromatic carbocycles. The first-order valence-corrected chi connectivity index (χ1v) is 5.50. The Labute approximate surface area is 103 Å². The summed E-state index contributed by atoms with van der Waals surface area (Å²) >= 11 is 0. The number of carbonyl (C=O) groups is 1. The Morgan fingerprint density at radius 2 is 1.78 bits per heavy atom. The van der Waals surface area contributed by atoms with Gasteiger partial charge in [0, 0.05) is 11.1 Å². The summed E-state index contributed by atoms with van der Waals surface area (Å²) in [5.74, 6) is 0.0892. The van der Waals surface area contributed by atoms with Crippen LogP contribution in [0.25, 0.3) is 22.6 Å². The van der Waals surface area contributed by atoms with Gasteiger partial charge >= 0.3 is 0 Å². The third kappa shape index (κ3) is 1.73. The Hall–Kier alpha value is -2.62. The molecule has 0 aliphatic rings.